The van der Waals surface area contributed by atoms with Crippen LogP contribution >= 0.6 is 15.9 Å². The first-order valence-corrected chi connectivity index (χ1v) is 7.92. The smallest absolute Gasteiger partial charge is 0.295 e. The van der Waals surface area contributed by atoms with E-state index in [2.05, 4.69) is 36.6 Å². The zero-order valence-electron chi connectivity index (χ0n) is 12.4. The Kier molecular flexibility index (Phi) is 4.48. The van der Waals surface area contributed by atoms with E-state index in [1.54, 1.807) is 13.0 Å². The Morgan fingerprint density at radius 1 is 1.50 bits per heavy atom. The molecule has 10 heteroatoms. The standard InChI is InChI=1S/C14H13BrF3N5O/c1-6-4-10(11(17)18)23-14(19-6)21-12(22-23)13(24)20-9-3-2-7(15)5-8(9)16/h2-3,5-6,10-11H,4H2,1H3,(H,20,24)(H,19,21,22). The third kappa shape index (κ3) is 3.23. The van der Waals surface area contributed by atoms with Crippen molar-refractivity contribution in [1.82, 2.24) is 14.8 Å². The molecule has 6 nitrogen and oxygen atoms in total. The van der Waals surface area contributed by atoms with Crippen molar-refractivity contribution < 1.29 is 18.0 Å². The van der Waals surface area contributed by atoms with E-state index in [9.17, 15) is 18.0 Å². The highest BCUT2D eigenvalue weighted by Crippen LogP contribution is 2.30. The molecule has 1 aromatic carbocycles. The second kappa shape index (κ2) is 6.42. The highest BCUT2D eigenvalue weighted by atomic mass is 79.9. The van der Waals surface area contributed by atoms with E-state index in [1.165, 1.54) is 12.1 Å². The topological polar surface area (TPSA) is 71.8 Å². The van der Waals surface area contributed by atoms with Gasteiger partial charge in [0.1, 0.15) is 11.9 Å². The molecule has 0 saturated heterocycles. The maximum absolute atomic E-state index is 13.8. The van der Waals surface area contributed by atoms with Gasteiger partial charge in [0.05, 0.1) is 5.69 Å². The summed E-state index contributed by atoms with van der Waals surface area (Å²) in [4.78, 5) is 16.1. The van der Waals surface area contributed by atoms with Crippen LogP contribution in [-0.2, 0) is 0 Å². The van der Waals surface area contributed by atoms with E-state index < -0.39 is 24.2 Å². The van der Waals surface area contributed by atoms with Crippen LogP contribution in [0.15, 0.2) is 22.7 Å². The first-order valence-electron chi connectivity index (χ1n) is 7.13. The summed E-state index contributed by atoms with van der Waals surface area (Å²) in [5, 5.41) is 9.08. The fourth-order valence-electron chi connectivity index (χ4n) is 2.47. The summed E-state index contributed by atoms with van der Waals surface area (Å²) in [6, 6.07) is 2.74. The summed E-state index contributed by atoms with van der Waals surface area (Å²) in [5.41, 5.74) is -0.0530. The lowest BCUT2D eigenvalue weighted by molar-refractivity contribution is 0.0662. The average molecular weight is 404 g/mol. The molecule has 2 atom stereocenters. The van der Waals surface area contributed by atoms with Gasteiger partial charge in [0, 0.05) is 10.5 Å². The van der Waals surface area contributed by atoms with Gasteiger partial charge in [-0.15, -0.1) is 5.10 Å². The minimum absolute atomic E-state index is 0.0530. The number of carbonyl (C=O) groups excluding carboxylic acids is 1. The van der Waals surface area contributed by atoms with Crippen LogP contribution in [-0.4, -0.2) is 33.1 Å². The number of anilines is 2. The fourth-order valence-corrected chi connectivity index (χ4v) is 2.80. The molecule has 0 fully saturated rings. The van der Waals surface area contributed by atoms with Gasteiger partial charge in [-0.1, -0.05) is 15.9 Å². The molecule has 128 valence electrons. The lowest BCUT2D eigenvalue weighted by atomic mass is 10.1. The minimum atomic E-state index is -2.63. The summed E-state index contributed by atoms with van der Waals surface area (Å²) in [6.45, 7) is 1.74. The largest absolute Gasteiger partial charge is 0.352 e. The molecule has 0 spiro atoms. The van der Waals surface area contributed by atoms with Crippen molar-refractivity contribution in [2.24, 2.45) is 0 Å². The van der Waals surface area contributed by atoms with Crippen molar-refractivity contribution in [3.8, 4) is 0 Å². The summed E-state index contributed by atoms with van der Waals surface area (Å²) in [5.74, 6) is -1.63. The quantitative estimate of drug-likeness (QED) is 0.823. The second-order valence-electron chi connectivity index (χ2n) is 5.46. The van der Waals surface area contributed by atoms with Crippen molar-refractivity contribution >= 4 is 33.5 Å². The van der Waals surface area contributed by atoms with Crippen LogP contribution in [0.2, 0.25) is 0 Å². The molecular formula is C14H13BrF3N5O. The van der Waals surface area contributed by atoms with Gasteiger partial charge in [-0.05, 0) is 31.5 Å². The van der Waals surface area contributed by atoms with E-state index >= 15 is 0 Å². The fraction of sp³-hybridized carbons (Fsp3) is 0.357. The number of nitrogens with zero attached hydrogens (tertiary/aromatic N) is 3. The number of carbonyl (C=O) groups is 1. The monoisotopic (exact) mass is 403 g/mol. The number of hydrogen-bond acceptors (Lipinski definition) is 4. The molecule has 0 radical (unpaired) electrons. The first kappa shape index (κ1) is 16.7. The molecule has 2 aromatic rings. The van der Waals surface area contributed by atoms with E-state index in [-0.39, 0.29) is 29.9 Å². The maximum atomic E-state index is 13.8. The van der Waals surface area contributed by atoms with Crippen molar-refractivity contribution in [3.63, 3.8) is 0 Å². The summed E-state index contributed by atoms with van der Waals surface area (Å²) >= 11 is 3.11. The highest BCUT2D eigenvalue weighted by molar-refractivity contribution is 9.10. The Labute approximate surface area is 143 Å². The van der Waals surface area contributed by atoms with Crippen LogP contribution in [0.4, 0.5) is 24.8 Å². The van der Waals surface area contributed by atoms with Crippen LogP contribution in [0.25, 0.3) is 0 Å². The molecule has 3 rings (SSSR count). The number of hydrogen-bond donors (Lipinski definition) is 2. The maximum Gasteiger partial charge on any atom is 0.295 e. The second-order valence-corrected chi connectivity index (χ2v) is 6.38. The zero-order valence-corrected chi connectivity index (χ0v) is 14.0. The number of fused-ring (bicyclic) bond motifs is 1. The van der Waals surface area contributed by atoms with E-state index in [0.29, 0.717) is 4.47 Å². The number of amides is 1. The van der Waals surface area contributed by atoms with Crippen molar-refractivity contribution in [2.75, 3.05) is 10.6 Å². The van der Waals surface area contributed by atoms with Gasteiger partial charge in [0.25, 0.3) is 12.3 Å². The lowest BCUT2D eigenvalue weighted by Crippen LogP contribution is -2.33. The SMILES string of the molecule is CC1CC(C(F)F)n2nc(C(=O)Nc3ccc(Br)cc3F)nc2N1. The third-order valence-corrected chi connectivity index (χ3v) is 4.08. The Morgan fingerprint density at radius 3 is 2.92 bits per heavy atom. The Morgan fingerprint density at radius 2 is 2.25 bits per heavy atom. The van der Waals surface area contributed by atoms with Gasteiger partial charge in [0.15, 0.2) is 0 Å². The Balaban J connectivity index is 1.85. The average Bonchev–Trinajstić information content (AvgIpc) is 2.92. The lowest BCUT2D eigenvalue weighted by Gasteiger charge is -2.28. The summed E-state index contributed by atoms with van der Waals surface area (Å²) < 4.78 is 41.6. The summed E-state index contributed by atoms with van der Waals surface area (Å²) in [7, 11) is 0. The number of halogens is 4. The van der Waals surface area contributed by atoms with Crippen LogP contribution in [0, 0.1) is 5.82 Å². The van der Waals surface area contributed by atoms with Crippen LogP contribution < -0.4 is 10.6 Å². The van der Waals surface area contributed by atoms with Crippen LogP contribution in [0.3, 0.4) is 0 Å². The minimum Gasteiger partial charge on any atom is -0.352 e. The van der Waals surface area contributed by atoms with Gasteiger partial charge < -0.3 is 10.6 Å². The van der Waals surface area contributed by atoms with Crippen molar-refractivity contribution in [3.05, 3.63) is 34.3 Å². The van der Waals surface area contributed by atoms with E-state index in [0.717, 1.165) is 4.68 Å². The van der Waals surface area contributed by atoms with Crippen LogP contribution in [0.1, 0.15) is 30.0 Å². The third-order valence-electron chi connectivity index (χ3n) is 3.59. The zero-order chi connectivity index (χ0) is 17.4. The molecule has 2 heterocycles. The van der Waals surface area contributed by atoms with Gasteiger partial charge in [-0.3, -0.25) is 4.79 Å². The molecule has 1 aliphatic heterocycles. The molecule has 2 unspecified atom stereocenters. The van der Waals surface area contributed by atoms with Gasteiger partial charge in [-0.2, -0.15) is 4.98 Å². The Bertz CT molecular complexity index is 782. The van der Waals surface area contributed by atoms with E-state index in [1.807, 2.05) is 0 Å². The number of alkyl halides is 2. The normalized spacial score (nSPS) is 19.8. The molecular weight excluding hydrogens is 391 g/mol. The van der Waals surface area contributed by atoms with Crippen molar-refractivity contribution in [1.29, 1.82) is 0 Å². The molecule has 0 saturated carbocycles. The number of rotatable bonds is 3. The molecule has 24 heavy (non-hydrogen) atoms. The van der Waals surface area contributed by atoms with Gasteiger partial charge in [-0.25, -0.2) is 17.9 Å². The van der Waals surface area contributed by atoms with Gasteiger partial charge >= 0.3 is 0 Å². The van der Waals surface area contributed by atoms with Crippen molar-refractivity contribution in [2.45, 2.75) is 31.9 Å². The summed E-state index contributed by atoms with van der Waals surface area (Å²) in [6.07, 6.45) is -2.47. The molecule has 0 bridgehead atoms. The molecule has 0 aliphatic carbocycles. The van der Waals surface area contributed by atoms with Crippen LogP contribution in [0.5, 0.6) is 0 Å². The molecule has 1 aliphatic rings. The predicted molar refractivity (Wildman–Crippen MR) is 84.8 cm³/mol. The first-order chi connectivity index (χ1) is 11.3. The number of benzene rings is 1. The highest BCUT2D eigenvalue weighted by Gasteiger charge is 2.34. The Hall–Kier alpha value is -2.10. The van der Waals surface area contributed by atoms with Gasteiger partial charge in [0.2, 0.25) is 11.8 Å². The molecule has 1 aromatic heterocycles. The molecule has 2 N–H and O–H groups in total. The number of nitrogens with one attached hydrogen (secondary N) is 2. The number of aromatic nitrogens is 3. The van der Waals surface area contributed by atoms with E-state index in [4.69, 9.17) is 0 Å². The predicted octanol–water partition coefficient (Wildman–Crippen LogP) is 3.44. The molecule has 1 amide bonds.